The van der Waals surface area contributed by atoms with E-state index in [1.54, 1.807) is 41.5 Å². The third-order valence-corrected chi connectivity index (χ3v) is 6.86. The molecule has 4 rings (SSSR count). The van der Waals surface area contributed by atoms with Gasteiger partial charge in [-0.1, -0.05) is 72.8 Å². The van der Waals surface area contributed by atoms with E-state index in [4.69, 9.17) is 24.9 Å². The van der Waals surface area contributed by atoms with Gasteiger partial charge in [-0.15, -0.1) is 0 Å². The zero-order chi connectivity index (χ0) is 31.9. The highest BCUT2D eigenvalue weighted by Crippen LogP contribution is 2.35. The van der Waals surface area contributed by atoms with Gasteiger partial charge in [-0.3, -0.25) is 0 Å². The molecule has 3 aromatic carbocycles. The number of benzene rings is 3. The summed E-state index contributed by atoms with van der Waals surface area (Å²) < 4.78 is 17.7. The second-order valence-corrected chi connectivity index (χ2v) is 12.9. The lowest BCUT2D eigenvalue weighted by Crippen LogP contribution is -2.48. The lowest BCUT2D eigenvalue weighted by molar-refractivity contribution is -0.150. The molecule has 2 unspecified atom stereocenters. The number of hydrogen-bond acceptors (Lipinski definition) is 7. The summed E-state index contributed by atoms with van der Waals surface area (Å²) in [5, 5.41) is 3.05. The Hall–Kier alpha value is -4.59. The number of carbonyl (C=O) groups excluding carboxylic acids is 2. The third-order valence-electron chi connectivity index (χ3n) is 6.86. The van der Waals surface area contributed by atoms with Crippen LogP contribution in [0.4, 0.5) is 4.79 Å². The molecule has 3 N–H and O–H groups in total. The Labute approximate surface area is 260 Å². The van der Waals surface area contributed by atoms with Gasteiger partial charge >= 0.3 is 12.1 Å². The van der Waals surface area contributed by atoms with Gasteiger partial charge in [0.2, 0.25) is 0 Å². The van der Waals surface area contributed by atoms with Gasteiger partial charge < -0.3 is 25.3 Å². The Kier molecular flexibility index (Phi) is 10.1. The molecule has 0 saturated heterocycles. The fourth-order valence-corrected chi connectivity index (χ4v) is 5.04. The van der Waals surface area contributed by atoms with Gasteiger partial charge in [0.1, 0.15) is 29.4 Å². The zero-order valence-electron chi connectivity index (χ0n) is 26.4. The van der Waals surface area contributed by atoms with Crippen LogP contribution in [0.5, 0.6) is 5.75 Å². The van der Waals surface area contributed by atoms with Crippen LogP contribution >= 0.6 is 0 Å². The number of amides is 1. The summed E-state index contributed by atoms with van der Waals surface area (Å²) in [6.07, 6.45) is 0.133. The van der Waals surface area contributed by atoms with Crippen LogP contribution in [-0.4, -0.2) is 35.0 Å². The van der Waals surface area contributed by atoms with Gasteiger partial charge in [-0.25, -0.2) is 14.6 Å². The summed E-state index contributed by atoms with van der Waals surface area (Å²) in [6.45, 7) is 11.2. The molecule has 0 aromatic heterocycles. The van der Waals surface area contributed by atoms with Crippen LogP contribution in [-0.2, 0) is 27.3 Å². The molecule has 232 valence electrons. The molecule has 0 saturated carbocycles. The number of ether oxygens (including phenoxy) is 3. The molecule has 44 heavy (non-hydrogen) atoms. The van der Waals surface area contributed by atoms with Crippen molar-refractivity contribution in [3.8, 4) is 5.75 Å². The Balaban J connectivity index is 1.76. The maximum absolute atomic E-state index is 13.7. The number of carbonyl (C=O) groups is 2. The highest BCUT2D eigenvalue weighted by atomic mass is 16.6. The Morgan fingerprint density at radius 1 is 0.841 bits per heavy atom. The molecular formula is C36H43N3O5. The Morgan fingerprint density at radius 3 is 2.02 bits per heavy atom. The number of nitrogens with zero attached hydrogens (tertiary/aromatic N) is 1. The summed E-state index contributed by atoms with van der Waals surface area (Å²) in [6, 6.07) is 26.7. The number of alkyl carbamates (subject to hydrolysis) is 1. The summed E-state index contributed by atoms with van der Waals surface area (Å²) in [5.41, 5.74) is 8.77. The molecule has 0 bridgehead atoms. The molecule has 0 radical (unpaired) electrons. The van der Waals surface area contributed by atoms with E-state index in [0.29, 0.717) is 30.9 Å². The van der Waals surface area contributed by atoms with Crippen LogP contribution < -0.4 is 15.8 Å². The topological polar surface area (TPSA) is 112 Å². The fourth-order valence-electron chi connectivity index (χ4n) is 5.04. The summed E-state index contributed by atoms with van der Waals surface area (Å²) in [7, 11) is 0. The summed E-state index contributed by atoms with van der Waals surface area (Å²) in [4.78, 5) is 31.6. The molecule has 3 aromatic rings. The smallest absolute Gasteiger partial charge is 0.407 e. The predicted molar refractivity (Wildman–Crippen MR) is 172 cm³/mol. The first-order chi connectivity index (χ1) is 20.8. The minimum Gasteiger partial charge on any atom is -0.488 e. The second kappa shape index (κ2) is 13.8. The minimum absolute atomic E-state index is 0.0485. The lowest BCUT2D eigenvalue weighted by Gasteiger charge is -2.34. The third kappa shape index (κ3) is 9.20. The van der Waals surface area contributed by atoms with Crippen molar-refractivity contribution in [2.45, 2.75) is 78.2 Å². The largest absolute Gasteiger partial charge is 0.488 e. The van der Waals surface area contributed by atoms with Crippen molar-refractivity contribution >= 4 is 17.8 Å². The monoisotopic (exact) mass is 597 g/mol. The van der Waals surface area contributed by atoms with E-state index in [2.05, 4.69) is 5.32 Å². The maximum atomic E-state index is 13.7. The SMILES string of the molecule is CC(C)(C)OC(=O)NC(Cc1ccccc1)C1CC(c2ccccc2OCc2ccccc2)=NC(N)=C1C(=O)OC(C)(C)C. The predicted octanol–water partition coefficient (Wildman–Crippen LogP) is 6.72. The van der Waals surface area contributed by atoms with E-state index in [0.717, 1.165) is 16.7 Å². The molecule has 0 spiro atoms. The van der Waals surface area contributed by atoms with Gasteiger partial charge in [0.15, 0.2) is 0 Å². The molecule has 0 fully saturated rings. The van der Waals surface area contributed by atoms with Crippen LogP contribution in [0.15, 0.2) is 101 Å². The molecule has 1 aliphatic heterocycles. The molecular weight excluding hydrogens is 554 g/mol. The normalized spacial score (nSPS) is 16.0. The number of nitrogens with one attached hydrogen (secondary N) is 1. The average molecular weight is 598 g/mol. The molecule has 1 aliphatic rings. The molecule has 8 heteroatoms. The van der Waals surface area contributed by atoms with Gasteiger partial charge in [0.05, 0.1) is 11.3 Å². The van der Waals surface area contributed by atoms with Crippen molar-refractivity contribution < 1.29 is 23.8 Å². The average Bonchev–Trinajstić information content (AvgIpc) is 2.94. The van der Waals surface area contributed by atoms with Crippen LogP contribution in [0.3, 0.4) is 0 Å². The van der Waals surface area contributed by atoms with Crippen molar-refractivity contribution in [2.24, 2.45) is 16.6 Å². The maximum Gasteiger partial charge on any atom is 0.407 e. The van der Waals surface area contributed by atoms with E-state index < -0.39 is 35.2 Å². The van der Waals surface area contributed by atoms with Crippen molar-refractivity contribution in [2.75, 3.05) is 0 Å². The summed E-state index contributed by atoms with van der Waals surface area (Å²) in [5.74, 6) is -0.456. The molecule has 8 nitrogen and oxygen atoms in total. The molecule has 1 heterocycles. The van der Waals surface area contributed by atoms with E-state index >= 15 is 0 Å². The quantitative estimate of drug-likeness (QED) is 0.265. The van der Waals surface area contributed by atoms with E-state index in [1.165, 1.54) is 0 Å². The number of esters is 1. The number of hydrogen-bond donors (Lipinski definition) is 2. The second-order valence-electron chi connectivity index (χ2n) is 12.9. The Bertz CT molecular complexity index is 1500. The van der Waals surface area contributed by atoms with Gasteiger partial charge in [-0.2, -0.15) is 0 Å². The summed E-state index contributed by atoms with van der Waals surface area (Å²) >= 11 is 0. The van der Waals surface area contributed by atoms with Gasteiger partial charge in [0, 0.05) is 17.5 Å². The lowest BCUT2D eigenvalue weighted by atomic mass is 9.80. The number of rotatable bonds is 9. The van der Waals surface area contributed by atoms with Crippen LogP contribution in [0, 0.1) is 5.92 Å². The van der Waals surface area contributed by atoms with E-state index in [1.807, 2.05) is 84.9 Å². The van der Waals surface area contributed by atoms with Crippen LogP contribution in [0.2, 0.25) is 0 Å². The number of nitrogens with two attached hydrogens (primary N) is 1. The minimum atomic E-state index is -0.760. The standard InChI is InChI=1S/C36H43N3O5/c1-35(2,3)43-33(40)31-27(28(21-24-15-9-7-10-16-24)39-34(41)44-36(4,5)6)22-29(38-32(31)37)26-19-13-14-20-30(26)42-23-25-17-11-8-12-18-25/h7-20,27-28H,21-23,37H2,1-6H3,(H,39,41). The first-order valence-electron chi connectivity index (χ1n) is 14.9. The zero-order valence-corrected chi connectivity index (χ0v) is 26.4. The Morgan fingerprint density at radius 2 is 1.41 bits per heavy atom. The van der Waals surface area contributed by atoms with Crippen LogP contribution in [0.25, 0.3) is 0 Å². The van der Waals surface area contributed by atoms with Gasteiger partial charge in [-0.05, 0) is 77.6 Å². The highest BCUT2D eigenvalue weighted by molar-refractivity contribution is 6.06. The van der Waals surface area contributed by atoms with Crippen molar-refractivity contribution in [1.29, 1.82) is 0 Å². The molecule has 0 aliphatic carbocycles. The van der Waals surface area contributed by atoms with E-state index in [-0.39, 0.29) is 11.4 Å². The van der Waals surface area contributed by atoms with Crippen molar-refractivity contribution in [1.82, 2.24) is 5.32 Å². The number of para-hydroxylation sites is 1. The first kappa shape index (κ1) is 32.3. The fraction of sp³-hybridized carbons (Fsp3) is 0.361. The molecule has 2 atom stereocenters. The van der Waals surface area contributed by atoms with Crippen LogP contribution in [0.1, 0.15) is 64.7 Å². The van der Waals surface area contributed by atoms with Crippen molar-refractivity contribution in [3.63, 3.8) is 0 Å². The molecule has 1 amide bonds. The van der Waals surface area contributed by atoms with E-state index in [9.17, 15) is 9.59 Å². The van der Waals surface area contributed by atoms with Gasteiger partial charge in [0.25, 0.3) is 0 Å². The highest BCUT2D eigenvalue weighted by Gasteiger charge is 2.39. The number of aliphatic imine (C=N–C) groups is 1. The van der Waals surface area contributed by atoms with Crippen molar-refractivity contribution in [3.05, 3.63) is 113 Å². The first-order valence-corrected chi connectivity index (χ1v) is 14.9.